The number of aromatic nitrogens is 3. The van der Waals surface area contributed by atoms with Gasteiger partial charge in [0.25, 0.3) is 0 Å². The standard InChI is InChI=1S/C22H24FN3O2S/c1-2-27-17-12-10-16(11-13-17)21-24-25-22(29-15-18-7-5-6-14-28-18)26(21)20-9-4-3-8-19(20)23/h3-4,8-13,18H,2,5-7,14-15H2,1H3/t18-/m0/s1. The molecule has 1 aromatic heterocycles. The molecule has 152 valence electrons. The van der Waals surface area contributed by atoms with E-state index in [1.807, 2.05) is 37.3 Å². The van der Waals surface area contributed by atoms with Gasteiger partial charge < -0.3 is 9.47 Å². The van der Waals surface area contributed by atoms with E-state index in [1.165, 1.54) is 12.5 Å². The summed E-state index contributed by atoms with van der Waals surface area (Å²) in [5.41, 5.74) is 1.29. The van der Waals surface area contributed by atoms with Gasteiger partial charge in [-0.25, -0.2) is 4.39 Å². The van der Waals surface area contributed by atoms with Crippen molar-refractivity contribution < 1.29 is 13.9 Å². The highest BCUT2D eigenvalue weighted by Gasteiger charge is 2.21. The summed E-state index contributed by atoms with van der Waals surface area (Å²) >= 11 is 1.56. The Labute approximate surface area is 174 Å². The highest BCUT2D eigenvalue weighted by atomic mass is 32.2. The van der Waals surface area contributed by atoms with Gasteiger partial charge in [0, 0.05) is 17.9 Å². The number of ether oxygens (including phenoxy) is 2. The second kappa shape index (κ2) is 9.41. The Bertz CT molecular complexity index is 939. The quantitative estimate of drug-likeness (QED) is 0.503. The molecule has 0 aliphatic carbocycles. The van der Waals surface area contributed by atoms with Gasteiger partial charge in [-0.2, -0.15) is 0 Å². The average molecular weight is 414 g/mol. The fraction of sp³-hybridized carbons (Fsp3) is 0.364. The summed E-state index contributed by atoms with van der Waals surface area (Å²) in [7, 11) is 0. The van der Waals surface area contributed by atoms with Crippen molar-refractivity contribution in [1.29, 1.82) is 0 Å². The third-order valence-corrected chi connectivity index (χ3v) is 5.88. The summed E-state index contributed by atoms with van der Waals surface area (Å²) in [6, 6.07) is 14.3. The van der Waals surface area contributed by atoms with Crippen molar-refractivity contribution in [2.24, 2.45) is 0 Å². The minimum Gasteiger partial charge on any atom is -0.494 e. The van der Waals surface area contributed by atoms with Crippen molar-refractivity contribution in [3.05, 3.63) is 54.3 Å². The number of nitrogens with zero attached hydrogens (tertiary/aromatic N) is 3. The number of hydrogen-bond donors (Lipinski definition) is 0. The zero-order valence-corrected chi connectivity index (χ0v) is 17.2. The van der Waals surface area contributed by atoms with Gasteiger partial charge in [-0.15, -0.1) is 10.2 Å². The van der Waals surface area contributed by atoms with Crippen molar-refractivity contribution in [3.63, 3.8) is 0 Å². The topological polar surface area (TPSA) is 49.2 Å². The molecule has 2 aromatic carbocycles. The molecule has 29 heavy (non-hydrogen) atoms. The molecule has 1 atom stereocenters. The van der Waals surface area contributed by atoms with Crippen molar-refractivity contribution in [1.82, 2.24) is 14.8 Å². The third-order valence-electron chi connectivity index (χ3n) is 4.82. The maximum Gasteiger partial charge on any atom is 0.196 e. The first-order valence-electron chi connectivity index (χ1n) is 9.94. The third kappa shape index (κ3) is 4.62. The molecule has 7 heteroatoms. The summed E-state index contributed by atoms with van der Waals surface area (Å²) in [6.45, 7) is 3.36. The molecule has 0 radical (unpaired) electrons. The SMILES string of the molecule is CCOc1ccc(-c2nnc(SC[C@@H]3CCCCO3)n2-c2ccccc2F)cc1. The molecule has 3 aromatic rings. The van der Waals surface area contributed by atoms with E-state index in [1.54, 1.807) is 28.5 Å². The van der Waals surface area contributed by atoms with Gasteiger partial charge in [-0.3, -0.25) is 4.57 Å². The summed E-state index contributed by atoms with van der Waals surface area (Å²) in [5.74, 6) is 1.85. The minimum absolute atomic E-state index is 0.202. The lowest BCUT2D eigenvalue weighted by molar-refractivity contribution is 0.0315. The van der Waals surface area contributed by atoms with E-state index in [0.29, 0.717) is 23.3 Å². The number of benzene rings is 2. The van der Waals surface area contributed by atoms with Gasteiger partial charge in [-0.05, 0) is 62.6 Å². The summed E-state index contributed by atoms with van der Waals surface area (Å²) in [5, 5.41) is 9.42. The maximum atomic E-state index is 14.7. The van der Waals surface area contributed by atoms with Crippen LogP contribution in [0.2, 0.25) is 0 Å². The maximum absolute atomic E-state index is 14.7. The first-order chi connectivity index (χ1) is 14.3. The highest BCUT2D eigenvalue weighted by Crippen LogP contribution is 2.31. The van der Waals surface area contributed by atoms with Crippen LogP contribution in [-0.2, 0) is 4.74 Å². The minimum atomic E-state index is -0.310. The Hall–Kier alpha value is -2.38. The lowest BCUT2D eigenvalue weighted by Crippen LogP contribution is -2.21. The molecule has 1 aliphatic rings. The van der Waals surface area contributed by atoms with E-state index in [0.717, 1.165) is 36.5 Å². The molecule has 2 heterocycles. The number of halogens is 1. The van der Waals surface area contributed by atoms with E-state index >= 15 is 0 Å². The molecule has 1 saturated heterocycles. The van der Waals surface area contributed by atoms with Gasteiger partial charge in [-0.1, -0.05) is 23.9 Å². The van der Waals surface area contributed by atoms with Crippen LogP contribution in [0.1, 0.15) is 26.2 Å². The van der Waals surface area contributed by atoms with Crippen molar-refractivity contribution in [2.45, 2.75) is 37.4 Å². The van der Waals surface area contributed by atoms with Crippen LogP contribution in [0.5, 0.6) is 5.75 Å². The fourth-order valence-corrected chi connectivity index (χ4v) is 4.38. The predicted molar refractivity (Wildman–Crippen MR) is 112 cm³/mol. The van der Waals surface area contributed by atoms with Gasteiger partial charge in [0.05, 0.1) is 18.4 Å². The molecule has 0 amide bonds. The van der Waals surface area contributed by atoms with Crippen LogP contribution < -0.4 is 4.74 Å². The van der Waals surface area contributed by atoms with Crippen LogP contribution >= 0.6 is 11.8 Å². The zero-order chi connectivity index (χ0) is 20.1. The van der Waals surface area contributed by atoms with E-state index in [-0.39, 0.29) is 11.9 Å². The first kappa shape index (κ1) is 19.9. The van der Waals surface area contributed by atoms with Gasteiger partial charge >= 0.3 is 0 Å². The summed E-state index contributed by atoms with van der Waals surface area (Å²) in [6.07, 6.45) is 3.55. The van der Waals surface area contributed by atoms with E-state index in [4.69, 9.17) is 9.47 Å². The molecule has 0 bridgehead atoms. The number of thioether (sulfide) groups is 1. The molecule has 5 nitrogen and oxygen atoms in total. The second-order valence-corrected chi connectivity index (χ2v) is 7.84. The Morgan fingerprint density at radius 1 is 1.14 bits per heavy atom. The van der Waals surface area contributed by atoms with E-state index in [2.05, 4.69) is 10.2 Å². The number of rotatable bonds is 7. The molecule has 0 saturated carbocycles. The van der Waals surface area contributed by atoms with Crippen LogP contribution in [0.15, 0.2) is 53.7 Å². The van der Waals surface area contributed by atoms with Crippen molar-refractivity contribution in [3.8, 4) is 22.8 Å². The molecule has 1 fully saturated rings. The second-order valence-electron chi connectivity index (χ2n) is 6.85. The molecule has 1 aliphatic heterocycles. The largest absolute Gasteiger partial charge is 0.494 e. The normalized spacial score (nSPS) is 16.7. The average Bonchev–Trinajstić information content (AvgIpc) is 3.18. The summed E-state index contributed by atoms with van der Waals surface area (Å²) in [4.78, 5) is 0. The lowest BCUT2D eigenvalue weighted by Gasteiger charge is -2.22. The Kier molecular flexibility index (Phi) is 6.46. The first-order valence-corrected chi connectivity index (χ1v) is 10.9. The fourth-order valence-electron chi connectivity index (χ4n) is 3.37. The Morgan fingerprint density at radius 2 is 1.97 bits per heavy atom. The highest BCUT2D eigenvalue weighted by molar-refractivity contribution is 7.99. The predicted octanol–water partition coefficient (Wildman–Crippen LogP) is 5.13. The molecule has 0 N–H and O–H groups in total. The Balaban J connectivity index is 1.67. The molecule has 0 unspecified atom stereocenters. The Morgan fingerprint density at radius 3 is 2.69 bits per heavy atom. The van der Waals surface area contributed by atoms with Crippen LogP contribution in [0.25, 0.3) is 17.1 Å². The van der Waals surface area contributed by atoms with Crippen LogP contribution in [0.4, 0.5) is 4.39 Å². The van der Waals surface area contributed by atoms with Crippen LogP contribution in [-0.4, -0.2) is 39.8 Å². The monoisotopic (exact) mass is 413 g/mol. The van der Waals surface area contributed by atoms with Crippen molar-refractivity contribution in [2.75, 3.05) is 19.0 Å². The zero-order valence-electron chi connectivity index (χ0n) is 16.4. The molecular weight excluding hydrogens is 389 g/mol. The smallest absolute Gasteiger partial charge is 0.196 e. The van der Waals surface area contributed by atoms with E-state index < -0.39 is 0 Å². The lowest BCUT2D eigenvalue weighted by atomic mass is 10.1. The van der Waals surface area contributed by atoms with E-state index in [9.17, 15) is 4.39 Å². The van der Waals surface area contributed by atoms with Crippen LogP contribution in [0, 0.1) is 5.82 Å². The molecule has 4 rings (SSSR count). The molecular formula is C22H24FN3O2S. The molecule has 0 spiro atoms. The van der Waals surface area contributed by atoms with Gasteiger partial charge in [0.2, 0.25) is 0 Å². The summed E-state index contributed by atoms with van der Waals surface area (Å²) < 4.78 is 27.8. The number of hydrogen-bond acceptors (Lipinski definition) is 5. The van der Waals surface area contributed by atoms with Crippen LogP contribution in [0.3, 0.4) is 0 Å². The number of para-hydroxylation sites is 1. The van der Waals surface area contributed by atoms with Gasteiger partial charge in [0.1, 0.15) is 11.6 Å². The van der Waals surface area contributed by atoms with Gasteiger partial charge in [0.15, 0.2) is 11.0 Å². The van der Waals surface area contributed by atoms with Crippen molar-refractivity contribution >= 4 is 11.8 Å².